The van der Waals surface area contributed by atoms with Crippen molar-refractivity contribution in [3.8, 4) is 11.8 Å². The fourth-order valence-corrected chi connectivity index (χ4v) is 1.97. The molecule has 0 atom stereocenters. The smallest absolute Gasteiger partial charge is 0.228 e. The lowest BCUT2D eigenvalue weighted by Gasteiger charge is -2.10. The van der Waals surface area contributed by atoms with Crippen LogP contribution in [0.4, 0.5) is 5.69 Å². The Morgan fingerprint density at radius 1 is 1.29 bits per heavy atom. The average Bonchev–Trinajstić information content (AvgIpc) is 2.50. The van der Waals surface area contributed by atoms with Crippen LogP contribution in [0.3, 0.4) is 0 Å². The van der Waals surface area contributed by atoms with Gasteiger partial charge in [0.15, 0.2) is 0 Å². The first-order chi connectivity index (χ1) is 10.1. The molecule has 21 heavy (non-hydrogen) atoms. The Morgan fingerprint density at radius 2 is 2.00 bits per heavy atom. The minimum Gasteiger partial charge on any atom is -0.495 e. The highest BCUT2D eigenvalue weighted by molar-refractivity contribution is 6.30. The first kappa shape index (κ1) is 14.9. The predicted octanol–water partition coefficient (Wildman–Crippen LogP) is 3.40. The molecule has 0 aliphatic carbocycles. The summed E-state index contributed by atoms with van der Waals surface area (Å²) in [7, 11) is 1.49. The fourth-order valence-electron chi connectivity index (χ4n) is 1.85. The molecule has 0 saturated heterocycles. The lowest BCUT2D eigenvalue weighted by atomic mass is 10.1. The summed E-state index contributed by atoms with van der Waals surface area (Å²) < 4.78 is 5.17. The Bertz CT molecular complexity index is 690. The third-order valence-electron chi connectivity index (χ3n) is 2.88. The largest absolute Gasteiger partial charge is 0.495 e. The Kier molecular flexibility index (Phi) is 4.81. The fraction of sp³-hybridized carbons (Fsp3) is 0.125. The van der Waals surface area contributed by atoms with Gasteiger partial charge in [0.2, 0.25) is 5.91 Å². The van der Waals surface area contributed by atoms with Crippen molar-refractivity contribution in [2.75, 3.05) is 12.4 Å². The number of rotatable bonds is 4. The van der Waals surface area contributed by atoms with E-state index in [2.05, 4.69) is 5.32 Å². The maximum atomic E-state index is 12.0. The van der Waals surface area contributed by atoms with Crippen molar-refractivity contribution in [3.63, 3.8) is 0 Å². The molecular weight excluding hydrogens is 288 g/mol. The number of carbonyl (C=O) groups is 1. The van der Waals surface area contributed by atoms with Crippen LogP contribution >= 0.6 is 11.6 Å². The van der Waals surface area contributed by atoms with E-state index < -0.39 is 0 Å². The number of carbonyl (C=O) groups excluding carboxylic acids is 1. The number of hydrogen-bond acceptors (Lipinski definition) is 3. The molecule has 1 amide bonds. The summed E-state index contributed by atoms with van der Waals surface area (Å²) in [4.78, 5) is 12.0. The predicted molar refractivity (Wildman–Crippen MR) is 81.5 cm³/mol. The van der Waals surface area contributed by atoms with Gasteiger partial charge in [-0.25, -0.2) is 0 Å². The zero-order valence-corrected chi connectivity index (χ0v) is 12.1. The molecule has 0 saturated carbocycles. The number of hydrogen-bond donors (Lipinski definition) is 1. The van der Waals surface area contributed by atoms with Gasteiger partial charge in [-0.1, -0.05) is 23.7 Å². The molecule has 5 heteroatoms. The molecule has 0 aliphatic heterocycles. The average molecular weight is 301 g/mol. The zero-order chi connectivity index (χ0) is 15.2. The quantitative estimate of drug-likeness (QED) is 0.941. The molecule has 0 bridgehead atoms. The normalized spacial score (nSPS) is 9.76. The van der Waals surface area contributed by atoms with Crippen molar-refractivity contribution in [2.24, 2.45) is 0 Å². The van der Waals surface area contributed by atoms with E-state index in [4.69, 9.17) is 21.6 Å². The highest BCUT2D eigenvalue weighted by Crippen LogP contribution is 2.25. The van der Waals surface area contributed by atoms with Crippen LogP contribution < -0.4 is 10.1 Å². The van der Waals surface area contributed by atoms with E-state index in [1.54, 1.807) is 42.5 Å². The van der Waals surface area contributed by atoms with Crippen LogP contribution in [0, 0.1) is 11.3 Å². The molecule has 2 rings (SSSR count). The van der Waals surface area contributed by atoms with Crippen LogP contribution in [0.2, 0.25) is 5.02 Å². The van der Waals surface area contributed by atoms with Crippen molar-refractivity contribution in [1.82, 2.24) is 0 Å². The molecule has 0 radical (unpaired) electrons. The Morgan fingerprint density at radius 3 is 2.62 bits per heavy atom. The number of halogens is 1. The number of ether oxygens (including phenoxy) is 1. The minimum absolute atomic E-state index is 0.166. The van der Waals surface area contributed by atoms with E-state index >= 15 is 0 Å². The molecule has 0 heterocycles. The van der Waals surface area contributed by atoms with Crippen LogP contribution in [0.25, 0.3) is 0 Å². The van der Waals surface area contributed by atoms with Gasteiger partial charge >= 0.3 is 0 Å². The molecule has 2 aromatic carbocycles. The highest BCUT2D eigenvalue weighted by atomic mass is 35.5. The number of amides is 1. The van der Waals surface area contributed by atoms with Crippen LogP contribution in [-0.4, -0.2) is 13.0 Å². The van der Waals surface area contributed by atoms with Crippen LogP contribution in [-0.2, 0) is 11.2 Å². The van der Waals surface area contributed by atoms with E-state index in [0.29, 0.717) is 22.0 Å². The highest BCUT2D eigenvalue weighted by Gasteiger charge is 2.09. The summed E-state index contributed by atoms with van der Waals surface area (Å²) in [5.41, 5.74) is 1.88. The number of methoxy groups -OCH3 is 1. The van der Waals surface area contributed by atoms with Crippen LogP contribution in [0.5, 0.6) is 5.75 Å². The van der Waals surface area contributed by atoms with E-state index in [1.807, 2.05) is 6.07 Å². The lowest BCUT2D eigenvalue weighted by Crippen LogP contribution is -2.15. The van der Waals surface area contributed by atoms with Crippen molar-refractivity contribution in [3.05, 3.63) is 58.6 Å². The summed E-state index contributed by atoms with van der Waals surface area (Å²) in [6.07, 6.45) is 0.236. The number of nitrogens with one attached hydrogen (secondary N) is 1. The van der Waals surface area contributed by atoms with Crippen molar-refractivity contribution >= 4 is 23.2 Å². The van der Waals surface area contributed by atoms with Gasteiger partial charge in [0.1, 0.15) is 5.75 Å². The minimum atomic E-state index is -0.166. The van der Waals surface area contributed by atoms with Crippen molar-refractivity contribution < 1.29 is 9.53 Å². The molecule has 4 nitrogen and oxygen atoms in total. The van der Waals surface area contributed by atoms with Crippen LogP contribution in [0.15, 0.2) is 42.5 Å². The molecule has 0 aliphatic rings. The summed E-state index contributed by atoms with van der Waals surface area (Å²) in [6, 6.07) is 14.0. The number of anilines is 1. The summed E-state index contributed by atoms with van der Waals surface area (Å²) in [5, 5.41) is 12.2. The lowest BCUT2D eigenvalue weighted by molar-refractivity contribution is -0.115. The van der Waals surface area contributed by atoms with Gasteiger partial charge in [0.25, 0.3) is 0 Å². The topological polar surface area (TPSA) is 62.1 Å². The van der Waals surface area contributed by atoms with Gasteiger partial charge < -0.3 is 10.1 Å². The van der Waals surface area contributed by atoms with Crippen molar-refractivity contribution in [2.45, 2.75) is 6.42 Å². The molecule has 106 valence electrons. The Labute approximate surface area is 127 Å². The Balaban J connectivity index is 2.09. The molecule has 2 aromatic rings. The van der Waals surface area contributed by atoms with Gasteiger partial charge in [-0.05, 0) is 29.8 Å². The molecule has 1 N–H and O–H groups in total. The van der Waals surface area contributed by atoms with Gasteiger partial charge in [-0.3, -0.25) is 4.79 Å². The summed E-state index contributed by atoms with van der Waals surface area (Å²) >= 11 is 5.80. The maximum Gasteiger partial charge on any atom is 0.228 e. The van der Waals surface area contributed by atoms with Gasteiger partial charge in [-0.2, -0.15) is 5.26 Å². The monoisotopic (exact) mass is 300 g/mol. The van der Waals surface area contributed by atoms with E-state index in [0.717, 1.165) is 5.56 Å². The van der Waals surface area contributed by atoms with Crippen LogP contribution in [0.1, 0.15) is 11.1 Å². The summed E-state index contributed by atoms with van der Waals surface area (Å²) in [6.45, 7) is 0. The maximum absolute atomic E-state index is 12.0. The number of nitrogens with zero attached hydrogens (tertiary/aromatic N) is 1. The molecule has 0 unspecified atom stereocenters. The summed E-state index contributed by atoms with van der Waals surface area (Å²) in [5.74, 6) is 0.291. The van der Waals surface area contributed by atoms with E-state index in [9.17, 15) is 4.79 Å². The number of benzene rings is 2. The second-order valence-corrected chi connectivity index (χ2v) is 4.81. The third-order valence-corrected chi connectivity index (χ3v) is 3.13. The van der Waals surface area contributed by atoms with E-state index in [1.165, 1.54) is 7.11 Å². The Hall–Kier alpha value is -2.51. The first-order valence-corrected chi connectivity index (χ1v) is 6.62. The molecule has 0 spiro atoms. The third kappa shape index (κ3) is 3.98. The molecular formula is C16H13ClN2O2. The van der Waals surface area contributed by atoms with E-state index in [-0.39, 0.29) is 12.3 Å². The second-order valence-electron chi connectivity index (χ2n) is 4.38. The van der Waals surface area contributed by atoms with Crippen molar-refractivity contribution in [1.29, 1.82) is 5.26 Å². The van der Waals surface area contributed by atoms with Gasteiger partial charge in [0.05, 0.1) is 30.9 Å². The first-order valence-electron chi connectivity index (χ1n) is 6.25. The second kappa shape index (κ2) is 6.78. The van der Waals surface area contributed by atoms with Gasteiger partial charge in [0, 0.05) is 11.1 Å². The zero-order valence-electron chi connectivity index (χ0n) is 11.4. The number of nitriles is 1. The standard InChI is InChI=1S/C16H13ClN2O2/c1-21-15-8-12(10-18)4-7-14(15)19-16(20)9-11-2-5-13(17)6-3-11/h2-8H,9H2,1H3,(H,19,20). The SMILES string of the molecule is COc1cc(C#N)ccc1NC(=O)Cc1ccc(Cl)cc1. The molecule has 0 aromatic heterocycles. The van der Waals surface area contributed by atoms with Gasteiger partial charge in [-0.15, -0.1) is 0 Å². The molecule has 0 fully saturated rings.